The van der Waals surface area contributed by atoms with Gasteiger partial charge in [-0.25, -0.2) is 0 Å². The first-order valence-electron chi connectivity index (χ1n) is 27.8. The number of amides is 2. The lowest BCUT2D eigenvalue weighted by Gasteiger charge is -2.28. The van der Waals surface area contributed by atoms with Crippen molar-refractivity contribution in [1.29, 1.82) is 0 Å². The summed E-state index contributed by atoms with van der Waals surface area (Å²) < 4.78 is 25.0. The minimum atomic E-state index is -0.276. The normalized spacial score (nSPS) is 12.9. The average Bonchev–Trinajstić information content (AvgIpc) is 4.19. The number of benzene rings is 6. The monoisotopic (exact) mass is 1070 g/mol. The number of rotatable bonds is 12. The molecule has 2 heterocycles. The number of furan rings is 2. The van der Waals surface area contributed by atoms with Gasteiger partial charge in [-0.2, -0.15) is 0 Å². The molecule has 0 radical (unpaired) electrons. The SMILES string of the molecule is CC(C)(C)c1cc2c(O)c(c1)Cc1cc(C(C)(C)C)cc(c1OCc1ccc(C(=O)NCc3ccco3)cc1)Cc1cc(C(C)(C)C)cc(c1O)Cc1cc(C(C)(C)C)cc(c1OCc1ccc(C(=O)NCc3ccco3)cc1)C2. The number of hydrogen-bond acceptors (Lipinski definition) is 8. The van der Waals surface area contributed by atoms with Gasteiger partial charge in [-0.3, -0.25) is 9.59 Å². The molecule has 2 aromatic heterocycles. The van der Waals surface area contributed by atoms with Gasteiger partial charge in [0.1, 0.15) is 47.7 Å². The molecule has 0 unspecified atom stereocenters. The van der Waals surface area contributed by atoms with Crippen LogP contribution in [0, 0.1) is 0 Å². The zero-order valence-corrected chi connectivity index (χ0v) is 48.7. The van der Waals surface area contributed by atoms with Gasteiger partial charge < -0.3 is 39.2 Å². The topological polar surface area (TPSA) is 143 Å². The summed E-state index contributed by atoms with van der Waals surface area (Å²) in [5, 5.41) is 31.6. The molecular weight excluding hydrogens is 997 g/mol. The van der Waals surface area contributed by atoms with Crippen LogP contribution in [-0.4, -0.2) is 22.0 Å². The second-order valence-electron chi connectivity index (χ2n) is 25.7. The highest BCUT2D eigenvalue weighted by molar-refractivity contribution is 5.94. The van der Waals surface area contributed by atoms with E-state index in [2.05, 4.69) is 142 Å². The van der Waals surface area contributed by atoms with Crippen LogP contribution in [0.1, 0.15) is 193 Å². The fourth-order valence-corrected chi connectivity index (χ4v) is 10.2. The number of carbonyl (C=O) groups excluding carboxylic acids is 2. The van der Waals surface area contributed by atoms with E-state index in [-0.39, 0.29) is 71.3 Å². The maximum absolute atomic E-state index is 13.1. The summed E-state index contributed by atoms with van der Waals surface area (Å²) in [6.45, 7) is 27.4. The van der Waals surface area contributed by atoms with Crippen molar-refractivity contribution in [2.24, 2.45) is 0 Å². The Morgan fingerprint density at radius 2 is 0.700 bits per heavy atom. The smallest absolute Gasteiger partial charge is 0.251 e. The van der Waals surface area contributed by atoms with Crippen LogP contribution in [-0.2, 0) is 73.6 Å². The van der Waals surface area contributed by atoms with Crippen molar-refractivity contribution < 1.29 is 38.1 Å². The van der Waals surface area contributed by atoms with Crippen molar-refractivity contribution in [2.45, 2.75) is 157 Å². The van der Waals surface area contributed by atoms with Crippen LogP contribution in [0.2, 0.25) is 0 Å². The summed E-state index contributed by atoms with van der Waals surface area (Å²) in [6.07, 6.45) is 4.60. The molecule has 10 nitrogen and oxygen atoms in total. The van der Waals surface area contributed by atoms with Crippen LogP contribution in [0.15, 0.2) is 143 Å². The highest BCUT2D eigenvalue weighted by Crippen LogP contribution is 2.44. The maximum atomic E-state index is 13.1. The summed E-state index contributed by atoms with van der Waals surface area (Å²) in [4.78, 5) is 26.3. The van der Waals surface area contributed by atoms with Gasteiger partial charge in [0.15, 0.2) is 0 Å². The number of nitrogens with one attached hydrogen (secondary N) is 2. The Morgan fingerprint density at radius 1 is 0.425 bits per heavy atom. The number of aromatic hydroxyl groups is 2. The fourth-order valence-electron chi connectivity index (χ4n) is 10.2. The van der Waals surface area contributed by atoms with E-state index >= 15 is 0 Å². The molecule has 1 aliphatic rings. The van der Waals surface area contributed by atoms with Crippen molar-refractivity contribution in [3.05, 3.63) is 234 Å². The van der Waals surface area contributed by atoms with Gasteiger partial charge in [0.25, 0.3) is 11.8 Å². The van der Waals surface area contributed by atoms with E-state index in [1.165, 1.54) is 0 Å². The van der Waals surface area contributed by atoms with Gasteiger partial charge in [0, 0.05) is 36.8 Å². The second-order valence-corrected chi connectivity index (χ2v) is 25.7. The zero-order valence-electron chi connectivity index (χ0n) is 48.7. The number of hydrogen-bond donors (Lipinski definition) is 4. The number of fused-ring (bicyclic) bond motifs is 8. The van der Waals surface area contributed by atoms with E-state index < -0.39 is 0 Å². The molecule has 416 valence electrons. The molecule has 2 amide bonds. The number of phenolic OH excluding ortho intramolecular Hbond substituents is 2. The van der Waals surface area contributed by atoms with Crippen molar-refractivity contribution >= 4 is 11.8 Å². The Labute approximate surface area is 472 Å². The van der Waals surface area contributed by atoms with E-state index in [0.29, 0.717) is 59.8 Å². The molecule has 0 saturated carbocycles. The van der Waals surface area contributed by atoms with Crippen molar-refractivity contribution in [3.63, 3.8) is 0 Å². The third-order valence-electron chi connectivity index (χ3n) is 15.2. The van der Waals surface area contributed by atoms with Gasteiger partial charge in [-0.05, 0) is 148 Å². The Kier molecular flexibility index (Phi) is 16.1. The van der Waals surface area contributed by atoms with Crippen molar-refractivity contribution in [2.75, 3.05) is 0 Å². The number of ether oxygens (including phenoxy) is 2. The average molecular weight is 1080 g/mol. The van der Waals surface area contributed by atoms with Crippen LogP contribution in [0.5, 0.6) is 23.0 Å². The lowest BCUT2D eigenvalue weighted by atomic mass is 9.79. The van der Waals surface area contributed by atoms with E-state index in [0.717, 1.165) is 77.9 Å². The summed E-state index contributed by atoms with van der Waals surface area (Å²) >= 11 is 0. The molecule has 8 bridgehead atoms. The highest BCUT2D eigenvalue weighted by Gasteiger charge is 2.29. The van der Waals surface area contributed by atoms with Crippen LogP contribution >= 0.6 is 0 Å². The van der Waals surface area contributed by atoms with Crippen LogP contribution in [0.3, 0.4) is 0 Å². The predicted octanol–water partition coefficient (Wildman–Crippen LogP) is 15.2. The van der Waals surface area contributed by atoms with Gasteiger partial charge >= 0.3 is 0 Å². The minimum absolute atomic E-state index is 0.206. The standard InChI is InChI=1S/C70H78N2O8/c1-67(2,3)55-31-47-27-51-35-57(69(7,8)9)37-53(63(51)79-41-43-17-21-45(22-18-43)65(75)71-39-59-15-13-25-77-59)29-49-33-56(68(4,5)6)34-50(62(49)74)30-54-38-58(70(10,11)12)36-52(28-48(32-55)61(47)73)64(54)80-42-44-19-23-46(24-20-44)66(76)72-40-60-16-14-26-78-60/h13-26,31-38,73-74H,27-30,39-42H2,1-12H3,(H,71,75)(H,72,76). The second kappa shape index (κ2) is 22.6. The van der Waals surface area contributed by atoms with Gasteiger partial charge in [0.2, 0.25) is 0 Å². The molecular formula is C70H78N2O8. The van der Waals surface area contributed by atoms with Crippen molar-refractivity contribution in [3.8, 4) is 23.0 Å². The van der Waals surface area contributed by atoms with E-state index in [1.807, 2.05) is 36.4 Å². The Bertz CT molecular complexity index is 3170. The first kappa shape index (κ1) is 56.7. The number of phenols is 2. The summed E-state index contributed by atoms with van der Waals surface area (Å²) in [7, 11) is 0. The van der Waals surface area contributed by atoms with E-state index in [9.17, 15) is 19.8 Å². The fraction of sp³-hybridized carbons (Fsp3) is 0.343. The third kappa shape index (κ3) is 13.4. The Morgan fingerprint density at radius 3 is 0.950 bits per heavy atom. The summed E-state index contributed by atoms with van der Waals surface area (Å²) in [5.74, 6) is 2.74. The molecule has 0 atom stereocenters. The molecule has 0 fully saturated rings. The quantitative estimate of drug-likeness (QED) is 0.0947. The molecule has 9 rings (SSSR count). The van der Waals surface area contributed by atoms with Crippen molar-refractivity contribution in [1.82, 2.24) is 10.6 Å². The minimum Gasteiger partial charge on any atom is -0.507 e. The molecule has 8 aromatic rings. The molecule has 10 heteroatoms. The predicted molar refractivity (Wildman–Crippen MR) is 316 cm³/mol. The molecule has 0 spiro atoms. The third-order valence-corrected chi connectivity index (χ3v) is 15.2. The van der Waals surface area contributed by atoms with Gasteiger partial charge in [-0.1, -0.05) is 156 Å². The molecule has 4 N–H and O–H groups in total. The van der Waals surface area contributed by atoms with Crippen LogP contribution < -0.4 is 20.1 Å². The largest absolute Gasteiger partial charge is 0.507 e. The zero-order chi connectivity index (χ0) is 57.3. The van der Waals surface area contributed by atoms with Gasteiger partial charge in [-0.15, -0.1) is 0 Å². The highest BCUT2D eigenvalue weighted by atomic mass is 16.5. The molecule has 6 aromatic carbocycles. The number of carbonyl (C=O) groups is 2. The first-order chi connectivity index (χ1) is 37.8. The van der Waals surface area contributed by atoms with Crippen LogP contribution in [0.25, 0.3) is 0 Å². The molecule has 1 aliphatic carbocycles. The lowest BCUT2D eigenvalue weighted by Crippen LogP contribution is -2.22. The Balaban J connectivity index is 1.17. The summed E-state index contributed by atoms with van der Waals surface area (Å²) in [5.41, 5.74) is 12.8. The van der Waals surface area contributed by atoms with E-state index in [1.54, 1.807) is 48.9 Å². The Hall–Kier alpha value is -7.98. The van der Waals surface area contributed by atoms with Crippen LogP contribution in [0.4, 0.5) is 0 Å². The lowest BCUT2D eigenvalue weighted by molar-refractivity contribution is 0.0940. The molecule has 0 saturated heterocycles. The van der Waals surface area contributed by atoms with Gasteiger partial charge in [0.05, 0.1) is 25.6 Å². The first-order valence-corrected chi connectivity index (χ1v) is 27.8. The summed E-state index contributed by atoms with van der Waals surface area (Å²) in [6, 6.07) is 39.6. The van der Waals surface area contributed by atoms with E-state index in [4.69, 9.17) is 18.3 Å². The molecule has 0 aliphatic heterocycles. The molecule has 80 heavy (non-hydrogen) atoms. The maximum Gasteiger partial charge on any atom is 0.251 e.